The van der Waals surface area contributed by atoms with Gasteiger partial charge < -0.3 is 19.1 Å². The molecule has 0 unspecified atom stereocenters. The average molecular weight is 424 g/mol. The van der Waals surface area contributed by atoms with Gasteiger partial charge in [-0.1, -0.05) is 6.07 Å². The number of piperidine rings is 1. The molecule has 0 spiro atoms. The zero-order valence-electron chi connectivity index (χ0n) is 18.1. The second-order valence-corrected chi connectivity index (χ2v) is 8.04. The Morgan fingerprint density at radius 1 is 1.23 bits per heavy atom. The fraction of sp³-hybridized carbons (Fsp3) is 0.417. The van der Waals surface area contributed by atoms with Gasteiger partial charge in [0.15, 0.2) is 0 Å². The number of hydrogen-bond acceptors (Lipinski definition) is 5. The highest BCUT2D eigenvalue weighted by Crippen LogP contribution is 2.34. The first-order valence-electron chi connectivity index (χ1n) is 10.7. The number of carboxylic acids is 1. The Balaban J connectivity index is 1.45. The number of benzene rings is 1. The number of nitrogens with zero attached hydrogens (tertiary/aromatic N) is 3. The number of likely N-dealkylation sites (tertiary alicyclic amines) is 1. The highest BCUT2D eigenvalue weighted by molar-refractivity contribution is 5.91. The van der Waals surface area contributed by atoms with Crippen molar-refractivity contribution in [1.82, 2.24) is 14.5 Å². The Morgan fingerprint density at radius 2 is 2.03 bits per heavy atom. The molecule has 0 aliphatic carbocycles. The molecule has 164 valence electrons. The zero-order chi connectivity index (χ0) is 21.8. The van der Waals surface area contributed by atoms with Crippen LogP contribution in [-0.2, 0) is 17.8 Å². The second kappa shape index (κ2) is 9.49. The number of aromatic carboxylic acids is 1. The van der Waals surface area contributed by atoms with Crippen molar-refractivity contribution in [2.75, 3.05) is 33.9 Å². The summed E-state index contributed by atoms with van der Waals surface area (Å²) in [4.78, 5) is 18.5. The summed E-state index contributed by atoms with van der Waals surface area (Å²) in [5, 5.41) is 10.7. The van der Waals surface area contributed by atoms with E-state index in [1.807, 2.05) is 18.3 Å². The number of carbonyl (C=O) groups is 1. The molecule has 1 saturated heterocycles. The number of aromatic nitrogens is 2. The van der Waals surface area contributed by atoms with E-state index in [0.29, 0.717) is 18.3 Å². The Labute approximate surface area is 182 Å². The van der Waals surface area contributed by atoms with Crippen LogP contribution in [0, 0.1) is 0 Å². The number of hydrogen-bond donors (Lipinski definition) is 1. The maximum absolute atomic E-state index is 11.5. The molecule has 7 nitrogen and oxygen atoms in total. The van der Waals surface area contributed by atoms with Gasteiger partial charge in [0.05, 0.1) is 13.7 Å². The Bertz CT molecular complexity index is 1050. The van der Waals surface area contributed by atoms with Gasteiger partial charge in [-0.3, -0.25) is 4.90 Å². The summed E-state index contributed by atoms with van der Waals surface area (Å²) in [7, 11) is 3.21. The smallest absolute Gasteiger partial charge is 0.339 e. The summed E-state index contributed by atoms with van der Waals surface area (Å²) < 4.78 is 12.6. The first kappa shape index (κ1) is 21.3. The van der Waals surface area contributed by atoms with Gasteiger partial charge in [-0.05, 0) is 67.2 Å². The number of ether oxygens (including phenoxy) is 2. The third kappa shape index (κ3) is 4.57. The molecule has 1 N–H and O–H groups in total. The first-order chi connectivity index (χ1) is 15.1. The molecule has 7 heteroatoms. The minimum Gasteiger partial charge on any atom is -0.496 e. The summed E-state index contributed by atoms with van der Waals surface area (Å²) >= 11 is 0. The molecule has 1 aromatic carbocycles. The van der Waals surface area contributed by atoms with Crippen molar-refractivity contribution in [2.45, 2.75) is 31.8 Å². The van der Waals surface area contributed by atoms with Gasteiger partial charge in [0.2, 0.25) is 0 Å². The maximum atomic E-state index is 11.5. The predicted octanol–water partition coefficient (Wildman–Crippen LogP) is 3.77. The van der Waals surface area contributed by atoms with E-state index >= 15 is 0 Å². The molecule has 0 saturated carbocycles. The molecule has 0 radical (unpaired) electrons. The van der Waals surface area contributed by atoms with Crippen molar-refractivity contribution in [2.24, 2.45) is 0 Å². The van der Waals surface area contributed by atoms with Crippen molar-refractivity contribution in [3.63, 3.8) is 0 Å². The molecule has 1 fully saturated rings. The molecule has 3 heterocycles. The molecule has 1 aliphatic rings. The summed E-state index contributed by atoms with van der Waals surface area (Å²) in [5.74, 6) is -0.0681. The van der Waals surface area contributed by atoms with E-state index < -0.39 is 5.97 Å². The minimum absolute atomic E-state index is 0.214. The lowest BCUT2D eigenvalue weighted by molar-refractivity contribution is 0.0693. The molecule has 3 aromatic rings. The number of rotatable bonds is 8. The van der Waals surface area contributed by atoms with Gasteiger partial charge in [0.25, 0.3) is 0 Å². The number of pyridine rings is 1. The highest BCUT2D eigenvalue weighted by atomic mass is 16.5. The molecule has 31 heavy (non-hydrogen) atoms. The summed E-state index contributed by atoms with van der Waals surface area (Å²) in [6.07, 6.45) is 6.23. The number of carboxylic acid groups (broad SMARTS) is 1. The standard InChI is InChI=1S/C24H29N3O4/c1-30-13-12-27-16-21(19-4-3-9-25-23(19)27)18-7-10-26(11-8-18)15-17-5-6-22(31-2)20(14-17)24(28)29/h3-6,9,14,16,18H,7-8,10-13,15H2,1-2H3,(H,28,29). The SMILES string of the molecule is COCCn1cc(C2CCN(Cc3ccc(OC)c(C(=O)O)c3)CC2)c2cccnc21. The first-order valence-corrected chi connectivity index (χ1v) is 10.7. The van der Waals surface area contributed by atoms with Crippen LogP contribution < -0.4 is 4.74 Å². The molecular weight excluding hydrogens is 394 g/mol. The fourth-order valence-corrected chi connectivity index (χ4v) is 4.52. The van der Waals surface area contributed by atoms with E-state index in [0.717, 1.165) is 50.2 Å². The van der Waals surface area contributed by atoms with E-state index in [-0.39, 0.29) is 5.56 Å². The molecule has 0 amide bonds. The van der Waals surface area contributed by atoms with Crippen molar-refractivity contribution in [1.29, 1.82) is 0 Å². The monoisotopic (exact) mass is 423 g/mol. The number of methoxy groups -OCH3 is 2. The van der Waals surface area contributed by atoms with Crippen LogP contribution in [0.5, 0.6) is 5.75 Å². The summed E-state index contributed by atoms with van der Waals surface area (Å²) in [6.45, 7) is 4.16. The van der Waals surface area contributed by atoms with Crippen molar-refractivity contribution < 1.29 is 19.4 Å². The maximum Gasteiger partial charge on any atom is 0.339 e. The quantitative estimate of drug-likeness (QED) is 0.594. The highest BCUT2D eigenvalue weighted by Gasteiger charge is 2.24. The third-order valence-electron chi connectivity index (χ3n) is 6.13. The van der Waals surface area contributed by atoms with Gasteiger partial charge in [0.1, 0.15) is 17.0 Å². The van der Waals surface area contributed by atoms with E-state index in [2.05, 4.69) is 26.7 Å². The molecule has 2 aromatic heterocycles. The van der Waals surface area contributed by atoms with Crippen LogP contribution in [0.4, 0.5) is 0 Å². The lowest BCUT2D eigenvalue weighted by atomic mass is 9.89. The minimum atomic E-state index is -0.962. The predicted molar refractivity (Wildman–Crippen MR) is 119 cm³/mol. The van der Waals surface area contributed by atoms with Crippen LogP contribution in [0.3, 0.4) is 0 Å². The normalized spacial score (nSPS) is 15.4. The van der Waals surface area contributed by atoms with E-state index in [1.54, 1.807) is 19.2 Å². The Hall–Kier alpha value is -2.90. The van der Waals surface area contributed by atoms with Crippen molar-refractivity contribution >= 4 is 17.0 Å². The second-order valence-electron chi connectivity index (χ2n) is 8.04. The van der Waals surface area contributed by atoms with Crippen LogP contribution in [0.2, 0.25) is 0 Å². The number of fused-ring (bicyclic) bond motifs is 1. The average Bonchev–Trinajstić information content (AvgIpc) is 3.17. The van der Waals surface area contributed by atoms with Gasteiger partial charge in [-0.15, -0.1) is 0 Å². The Kier molecular flexibility index (Phi) is 6.53. The van der Waals surface area contributed by atoms with Crippen LogP contribution >= 0.6 is 0 Å². The molecule has 4 rings (SSSR count). The third-order valence-corrected chi connectivity index (χ3v) is 6.13. The summed E-state index contributed by atoms with van der Waals surface area (Å²) in [6, 6.07) is 9.59. The van der Waals surface area contributed by atoms with E-state index in [4.69, 9.17) is 9.47 Å². The largest absolute Gasteiger partial charge is 0.496 e. The molecular formula is C24H29N3O4. The van der Waals surface area contributed by atoms with Crippen molar-refractivity contribution in [3.8, 4) is 5.75 Å². The van der Waals surface area contributed by atoms with Gasteiger partial charge >= 0.3 is 5.97 Å². The Morgan fingerprint density at radius 3 is 2.74 bits per heavy atom. The lowest BCUT2D eigenvalue weighted by Crippen LogP contribution is -2.32. The van der Waals surface area contributed by atoms with Gasteiger partial charge in [-0.2, -0.15) is 0 Å². The van der Waals surface area contributed by atoms with Crippen LogP contribution in [0.1, 0.15) is 40.2 Å². The molecule has 1 aliphatic heterocycles. The molecule has 0 atom stereocenters. The van der Waals surface area contributed by atoms with E-state index in [9.17, 15) is 9.90 Å². The summed E-state index contributed by atoms with van der Waals surface area (Å²) in [5.41, 5.74) is 3.61. The van der Waals surface area contributed by atoms with Crippen LogP contribution in [0.15, 0.2) is 42.7 Å². The molecule has 0 bridgehead atoms. The topological polar surface area (TPSA) is 76.8 Å². The van der Waals surface area contributed by atoms with Crippen molar-refractivity contribution in [3.05, 3.63) is 59.4 Å². The van der Waals surface area contributed by atoms with Crippen LogP contribution in [-0.4, -0.2) is 59.4 Å². The van der Waals surface area contributed by atoms with Gasteiger partial charge in [-0.25, -0.2) is 9.78 Å². The van der Waals surface area contributed by atoms with Gasteiger partial charge in [0, 0.05) is 38.0 Å². The fourth-order valence-electron chi connectivity index (χ4n) is 4.52. The van der Waals surface area contributed by atoms with E-state index in [1.165, 1.54) is 18.1 Å². The zero-order valence-corrected chi connectivity index (χ0v) is 18.1. The van der Waals surface area contributed by atoms with Crippen LogP contribution in [0.25, 0.3) is 11.0 Å². The lowest BCUT2D eigenvalue weighted by Gasteiger charge is -2.32.